The van der Waals surface area contributed by atoms with Crippen LogP contribution in [-0.2, 0) is 12.8 Å². The molecular formula is C21H15FN2O2. The van der Waals surface area contributed by atoms with Crippen LogP contribution >= 0.6 is 0 Å². The predicted molar refractivity (Wildman–Crippen MR) is 97.2 cm³/mol. The Bertz CT molecular complexity index is 1160. The summed E-state index contributed by atoms with van der Waals surface area (Å²) in [5.41, 5.74) is 5.10. The van der Waals surface area contributed by atoms with Crippen molar-refractivity contribution in [3.05, 3.63) is 71.7 Å². The van der Waals surface area contributed by atoms with Gasteiger partial charge in [0.05, 0.1) is 17.6 Å². The highest BCUT2D eigenvalue weighted by Crippen LogP contribution is 2.41. The monoisotopic (exact) mass is 346 g/mol. The number of fused-ring (bicyclic) bond motifs is 5. The summed E-state index contributed by atoms with van der Waals surface area (Å²) in [4.78, 5) is 0. The van der Waals surface area contributed by atoms with Crippen LogP contribution in [0.5, 0.6) is 11.5 Å². The zero-order valence-corrected chi connectivity index (χ0v) is 13.8. The quantitative estimate of drug-likeness (QED) is 0.504. The molecule has 1 aromatic heterocycles. The van der Waals surface area contributed by atoms with E-state index >= 15 is 0 Å². The highest BCUT2D eigenvalue weighted by Gasteiger charge is 2.23. The van der Waals surface area contributed by atoms with E-state index in [0.717, 1.165) is 51.7 Å². The molecule has 128 valence electrons. The lowest BCUT2D eigenvalue weighted by atomic mass is 9.86. The van der Waals surface area contributed by atoms with Crippen molar-refractivity contribution in [3.8, 4) is 28.4 Å². The van der Waals surface area contributed by atoms with E-state index in [4.69, 9.17) is 0 Å². The molecule has 0 spiro atoms. The molecule has 4 aromatic rings. The third-order valence-corrected chi connectivity index (χ3v) is 5.04. The highest BCUT2D eigenvalue weighted by atomic mass is 19.1. The maximum absolute atomic E-state index is 13.3. The van der Waals surface area contributed by atoms with Gasteiger partial charge in [0.15, 0.2) is 11.5 Å². The highest BCUT2D eigenvalue weighted by molar-refractivity contribution is 5.94. The van der Waals surface area contributed by atoms with Crippen LogP contribution in [0.2, 0.25) is 0 Å². The molecular weight excluding hydrogens is 331 g/mol. The van der Waals surface area contributed by atoms with Gasteiger partial charge in [-0.3, -0.25) is 0 Å². The normalized spacial score (nSPS) is 12.8. The van der Waals surface area contributed by atoms with Crippen LogP contribution in [0.15, 0.2) is 54.7 Å². The van der Waals surface area contributed by atoms with Crippen LogP contribution in [0.1, 0.15) is 11.1 Å². The van der Waals surface area contributed by atoms with E-state index in [1.807, 2.05) is 23.0 Å². The smallest absolute Gasteiger partial charge is 0.158 e. The van der Waals surface area contributed by atoms with Crippen LogP contribution in [-0.4, -0.2) is 20.0 Å². The number of rotatable bonds is 1. The van der Waals surface area contributed by atoms with Crippen molar-refractivity contribution < 1.29 is 14.6 Å². The van der Waals surface area contributed by atoms with E-state index in [1.165, 1.54) is 12.1 Å². The molecule has 0 amide bonds. The summed E-state index contributed by atoms with van der Waals surface area (Å²) in [6.45, 7) is 0. The molecule has 3 aromatic carbocycles. The molecule has 1 aliphatic rings. The second kappa shape index (κ2) is 5.33. The molecule has 0 atom stereocenters. The maximum atomic E-state index is 13.3. The molecule has 0 radical (unpaired) electrons. The van der Waals surface area contributed by atoms with E-state index in [9.17, 15) is 14.6 Å². The van der Waals surface area contributed by atoms with E-state index in [1.54, 1.807) is 24.3 Å². The van der Waals surface area contributed by atoms with Gasteiger partial charge in [0, 0.05) is 5.56 Å². The second-order valence-corrected chi connectivity index (χ2v) is 6.56. The van der Waals surface area contributed by atoms with Gasteiger partial charge < -0.3 is 10.2 Å². The molecule has 0 saturated carbocycles. The van der Waals surface area contributed by atoms with Gasteiger partial charge in [-0.25, -0.2) is 9.07 Å². The van der Waals surface area contributed by atoms with Crippen LogP contribution in [0, 0.1) is 5.82 Å². The summed E-state index contributed by atoms with van der Waals surface area (Å²) in [6.07, 6.45) is 3.53. The SMILES string of the molecule is Oc1cc2ccc3c(c2cc1O)CCc1cnn(-c2ccc(F)cc2)c1-3. The number of aromatic nitrogens is 2. The fourth-order valence-electron chi connectivity index (χ4n) is 3.79. The summed E-state index contributed by atoms with van der Waals surface area (Å²) in [7, 11) is 0. The lowest BCUT2D eigenvalue weighted by Crippen LogP contribution is -2.07. The predicted octanol–water partition coefficient (Wildman–Crippen LogP) is 4.34. The van der Waals surface area contributed by atoms with Gasteiger partial charge in [-0.1, -0.05) is 12.1 Å². The first-order chi connectivity index (χ1) is 12.6. The number of phenolic OH excluding ortho intramolecular Hbond substituents is 2. The molecule has 5 heteroatoms. The largest absolute Gasteiger partial charge is 0.504 e. The first-order valence-corrected chi connectivity index (χ1v) is 8.42. The van der Waals surface area contributed by atoms with Crippen LogP contribution in [0.3, 0.4) is 0 Å². The van der Waals surface area contributed by atoms with E-state index in [0.29, 0.717) is 0 Å². The lowest BCUT2D eigenvalue weighted by Gasteiger charge is -2.21. The van der Waals surface area contributed by atoms with Crippen molar-refractivity contribution in [2.45, 2.75) is 12.8 Å². The fraction of sp³-hybridized carbons (Fsp3) is 0.0952. The number of benzene rings is 3. The average molecular weight is 346 g/mol. The van der Waals surface area contributed by atoms with Crippen molar-refractivity contribution in [2.75, 3.05) is 0 Å². The van der Waals surface area contributed by atoms with E-state index < -0.39 is 0 Å². The Morgan fingerprint density at radius 1 is 0.923 bits per heavy atom. The van der Waals surface area contributed by atoms with Crippen molar-refractivity contribution in [3.63, 3.8) is 0 Å². The average Bonchev–Trinajstić information content (AvgIpc) is 3.07. The topological polar surface area (TPSA) is 58.3 Å². The van der Waals surface area contributed by atoms with Gasteiger partial charge >= 0.3 is 0 Å². The molecule has 0 unspecified atom stereocenters. The Labute approximate surface area is 148 Å². The third-order valence-electron chi connectivity index (χ3n) is 5.04. The minimum Gasteiger partial charge on any atom is -0.504 e. The summed E-state index contributed by atoms with van der Waals surface area (Å²) in [6, 6.07) is 13.4. The Morgan fingerprint density at radius 3 is 2.50 bits per heavy atom. The van der Waals surface area contributed by atoms with E-state index in [-0.39, 0.29) is 17.3 Å². The second-order valence-electron chi connectivity index (χ2n) is 6.56. The molecule has 0 bridgehead atoms. The van der Waals surface area contributed by atoms with Gasteiger partial charge in [0.25, 0.3) is 0 Å². The minimum absolute atomic E-state index is 0.120. The molecule has 0 aliphatic heterocycles. The summed E-state index contributed by atoms with van der Waals surface area (Å²) >= 11 is 0. The lowest BCUT2D eigenvalue weighted by molar-refractivity contribution is 0.405. The number of aromatic hydroxyl groups is 2. The standard InChI is InChI=1S/C21H15FN2O2/c22-14-3-5-15(6-4-14)24-21-13(11-23-24)2-7-16-17(21)8-1-12-9-19(25)20(26)10-18(12)16/h1,3-6,8-11,25-26H,2,7H2. The fourth-order valence-corrected chi connectivity index (χ4v) is 3.79. The molecule has 2 N–H and O–H groups in total. The van der Waals surface area contributed by atoms with Crippen molar-refractivity contribution in [1.82, 2.24) is 9.78 Å². The Morgan fingerprint density at radius 2 is 1.69 bits per heavy atom. The maximum Gasteiger partial charge on any atom is 0.158 e. The summed E-state index contributed by atoms with van der Waals surface area (Å²) < 4.78 is 15.1. The van der Waals surface area contributed by atoms with Crippen molar-refractivity contribution in [1.29, 1.82) is 0 Å². The first-order valence-electron chi connectivity index (χ1n) is 8.42. The zero-order chi connectivity index (χ0) is 17.8. The number of halogens is 1. The van der Waals surface area contributed by atoms with Gasteiger partial charge in [-0.2, -0.15) is 5.10 Å². The van der Waals surface area contributed by atoms with Gasteiger partial charge in [-0.15, -0.1) is 0 Å². The van der Waals surface area contributed by atoms with Gasteiger partial charge in [0.1, 0.15) is 5.82 Å². The number of aryl methyl sites for hydroxylation is 2. The zero-order valence-electron chi connectivity index (χ0n) is 13.8. The molecule has 5 rings (SSSR count). The number of hydrogen-bond acceptors (Lipinski definition) is 3. The summed E-state index contributed by atoms with van der Waals surface area (Å²) in [5.74, 6) is -0.523. The molecule has 1 heterocycles. The molecule has 4 nitrogen and oxygen atoms in total. The van der Waals surface area contributed by atoms with Gasteiger partial charge in [0.2, 0.25) is 0 Å². The molecule has 1 aliphatic carbocycles. The molecule has 0 saturated heterocycles. The van der Waals surface area contributed by atoms with Crippen molar-refractivity contribution >= 4 is 10.8 Å². The van der Waals surface area contributed by atoms with Gasteiger partial charge in [-0.05, 0) is 71.1 Å². The Balaban J connectivity index is 1.77. The minimum atomic E-state index is -0.281. The molecule has 0 fully saturated rings. The molecule has 26 heavy (non-hydrogen) atoms. The van der Waals surface area contributed by atoms with Crippen LogP contribution in [0.25, 0.3) is 27.7 Å². The number of nitrogens with zero attached hydrogens (tertiary/aromatic N) is 2. The Hall–Kier alpha value is -3.34. The Kier molecular flexibility index (Phi) is 3.06. The number of phenols is 2. The number of hydrogen-bond donors (Lipinski definition) is 2. The third kappa shape index (κ3) is 2.10. The van der Waals surface area contributed by atoms with Crippen molar-refractivity contribution in [2.24, 2.45) is 0 Å². The van der Waals surface area contributed by atoms with Crippen LogP contribution in [0.4, 0.5) is 4.39 Å². The first kappa shape index (κ1) is 15.0. The summed E-state index contributed by atoms with van der Waals surface area (Å²) in [5, 5.41) is 26.0. The van der Waals surface area contributed by atoms with E-state index in [2.05, 4.69) is 5.10 Å². The van der Waals surface area contributed by atoms with Crippen LogP contribution < -0.4 is 0 Å².